The fourth-order valence-electron chi connectivity index (χ4n) is 1.56. The van der Waals surface area contributed by atoms with Crippen molar-refractivity contribution >= 4 is 70.3 Å². The average Bonchev–Trinajstić information content (AvgIpc) is 2.68. The van der Waals surface area contributed by atoms with E-state index in [1.54, 1.807) is 0 Å². The summed E-state index contributed by atoms with van der Waals surface area (Å²) in [7, 11) is 0. The maximum absolute atomic E-state index is 14.0. The van der Waals surface area contributed by atoms with Crippen LogP contribution in [0.5, 0.6) is 0 Å². The Kier molecular flexibility index (Phi) is 4.29. The van der Waals surface area contributed by atoms with E-state index in [9.17, 15) is 23.0 Å². The SMILES string of the molecule is NC(=O)c1cc2cc(C(F)(F)P(=O)(O)I)c(Br)cc2s1. The number of halogens is 4. The minimum atomic E-state index is -4.69. The van der Waals surface area contributed by atoms with Crippen molar-refractivity contribution in [3.63, 3.8) is 0 Å². The molecule has 0 aliphatic heterocycles. The number of carbonyl (C=O) groups excluding carboxylic acids is 1. The minimum absolute atomic E-state index is 0.00110. The Balaban J connectivity index is 2.70. The summed E-state index contributed by atoms with van der Waals surface area (Å²) >= 11 is 4.88. The van der Waals surface area contributed by atoms with Crippen LogP contribution in [0.3, 0.4) is 0 Å². The Labute approximate surface area is 137 Å². The third-order valence-electron chi connectivity index (χ3n) is 2.52. The molecule has 3 N–H and O–H groups in total. The van der Waals surface area contributed by atoms with Gasteiger partial charge in [0, 0.05) is 36.8 Å². The van der Waals surface area contributed by atoms with Gasteiger partial charge in [-0.25, -0.2) is 0 Å². The van der Waals surface area contributed by atoms with Crippen molar-refractivity contribution in [1.29, 1.82) is 0 Å². The summed E-state index contributed by atoms with van der Waals surface area (Å²) in [6, 6.07) is 3.84. The monoisotopic (exact) mass is 495 g/mol. The van der Waals surface area contributed by atoms with Crippen LogP contribution in [0.4, 0.5) is 8.78 Å². The molecule has 108 valence electrons. The molecule has 0 radical (unpaired) electrons. The molecule has 0 aliphatic rings. The largest absolute Gasteiger partial charge is 0.365 e. The van der Waals surface area contributed by atoms with Gasteiger partial charge in [-0.05, 0) is 23.6 Å². The number of hydrogen-bond donors (Lipinski definition) is 2. The number of carbonyl (C=O) groups is 1. The van der Waals surface area contributed by atoms with E-state index in [1.807, 2.05) is 0 Å². The molecule has 1 heterocycles. The van der Waals surface area contributed by atoms with Crippen LogP contribution in [0, 0.1) is 0 Å². The lowest BCUT2D eigenvalue weighted by Gasteiger charge is -2.19. The van der Waals surface area contributed by atoms with Gasteiger partial charge in [0.2, 0.25) is 0 Å². The maximum atomic E-state index is 14.0. The van der Waals surface area contributed by atoms with E-state index in [-0.39, 0.29) is 9.35 Å². The fraction of sp³-hybridized carbons (Fsp3) is 0.100. The molecule has 0 bridgehead atoms. The highest BCUT2D eigenvalue weighted by molar-refractivity contribution is 14.2. The van der Waals surface area contributed by atoms with Crippen LogP contribution in [0.2, 0.25) is 0 Å². The molecule has 0 saturated carbocycles. The Morgan fingerprint density at radius 3 is 2.55 bits per heavy atom. The molecule has 0 saturated heterocycles. The molecule has 1 aromatic heterocycles. The number of nitrogens with two attached hydrogens (primary N) is 1. The summed E-state index contributed by atoms with van der Waals surface area (Å²) < 4.78 is 39.9. The Hall–Kier alpha value is -0.0900. The van der Waals surface area contributed by atoms with E-state index in [2.05, 4.69) is 15.9 Å². The van der Waals surface area contributed by atoms with Crippen molar-refractivity contribution in [3.8, 4) is 0 Å². The van der Waals surface area contributed by atoms with Crippen molar-refractivity contribution in [2.24, 2.45) is 5.73 Å². The predicted octanol–water partition coefficient (Wildman–Crippen LogP) is 4.43. The van der Waals surface area contributed by atoms with Gasteiger partial charge in [-0.2, -0.15) is 8.78 Å². The highest BCUT2D eigenvalue weighted by atomic mass is 127. The van der Waals surface area contributed by atoms with Gasteiger partial charge in [-0.15, -0.1) is 11.3 Å². The number of benzene rings is 1. The van der Waals surface area contributed by atoms with Gasteiger partial charge < -0.3 is 10.6 Å². The standard InChI is InChI=1S/C10H6BrF2INO3PS/c11-6-3-7-4(2-8(20-7)9(15)16)1-5(6)10(12,13)19(14,17)18/h1-3H,(H2,15,16)(H,17,18). The number of thiophene rings is 1. The van der Waals surface area contributed by atoms with E-state index in [0.29, 0.717) is 10.1 Å². The second-order valence-electron chi connectivity index (χ2n) is 3.89. The molecule has 1 aromatic carbocycles. The number of primary amides is 1. The van der Waals surface area contributed by atoms with Crippen molar-refractivity contribution in [2.75, 3.05) is 0 Å². The lowest BCUT2D eigenvalue weighted by molar-refractivity contribution is 0.0798. The predicted molar refractivity (Wildman–Crippen MR) is 85.8 cm³/mol. The second-order valence-corrected chi connectivity index (χ2v) is 11.3. The number of alkyl halides is 2. The summed E-state index contributed by atoms with van der Waals surface area (Å²) in [4.78, 5) is 20.5. The molecule has 20 heavy (non-hydrogen) atoms. The van der Waals surface area contributed by atoms with E-state index in [0.717, 1.165) is 39.4 Å². The number of amides is 1. The van der Waals surface area contributed by atoms with Gasteiger partial charge in [0.15, 0.2) is 0 Å². The quantitative estimate of drug-likeness (QED) is 0.488. The van der Waals surface area contributed by atoms with Crippen molar-refractivity contribution < 1.29 is 23.0 Å². The number of hydrogen-bond acceptors (Lipinski definition) is 3. The first kappa shape index (κ1) is 16.3. The Morgan fingerprint density at radius 1 is 1.45 bits per heavy atom. The van der Waals surface area contributed by atoms with Gasteiger partial charge in [-0.1, -0.05) is 15.9 Å². The van der Waals surface area contributed by atoms with Crippen LogP contribution < -0.4 is 5.73 Å². The van der Waals surface area contributed by atoms with E-state index >= 15 is 0 Å². The van der Waals surface area contributed by atoms with Crippen LogP contribution in [0.25, 0.3) is 10.1 Å². The normalized spacial score (nSPS) is 15.2. The summed E-state index contributed by atoms with van der Waals surface area (Å²) in [6.07, 6.45) is 0. The molecule has 0 aliphatic carbocycles. The average molecular weight is 496 g/mol. The molecular formula is C10H6BrF2INO3PS. The molecule has 1 atom stereocenters. The first-order valence-corrected chi connectivity index (χ1v) is 11.0. The summed E-state index contributed by atoms with van der Waals surface area (Å²) in [5.74, 6) is -0.655. The van der Waals surface area contributed by atoms with Crippen LogP contribution in [-0.4, -0.2) is 10.8 Å². The molecule has 0 spiro atoms. The lowest BCUT2D eigenvalue weighted by atomic mass is 10.1. The van der Waals surface area contributed by atoms with Gasteiger partial charge in [0.1, 0.15) is 0 Å². The zero-order chi connectivity index (χ0) is 15.3. The minimum Gasteiger partial charge on any atom is -0.365 e. The van der Waals surface area contributed by atoms with Gasteiger partial charge >= 0.3 is 10.7 Å². The van der Waals surface area contributed by atoms with E-state index in [1.165, 1.54) is 12.1 Å². The summed E-state index contributed by atoms with van der Waals surface area (Å²) in [5.41, 5.74) is 0.643. The molecule has 1 amide bonds. The molecule has 10 heteroatoms. The fourth-order valence-corrected chi connectivity index (χ4v) is 4.66. The molecule has 0 fully saturated rings. The molecule has 2 rings (SSSR count). The summed E-state index contributed by atoms with van der Waals surface area (Å²) in [6.45, 7) is 0. The zero-order valence-corrected chi connectivity index (χ0v) is 14.9. The van der Waals surface area contributed by atoms with Gasteiger partial charge in [0.05, 0.1) is 4.88 Å². The van der Waals surface area contributed by atoms with Crippen LogP contribution >= 0.6 is 54.3 Å². The van der Waals surface area contributed by atoms with Crippen molar-refractivity contribution in [1.82, 2.24) is 0 Å². The molecule has 1 unspecified atom stereocenters. The van der Waals surface area contributed by atoms with Crippen LogP contribution in [0.15, 0.2) is 22.7 Å². The van der Waals surface area contributed by atoms with Crippen LogP contribution in [0.1, 0.15) is 15.2 Å². The molecular weight excluding hydrogens is 490 g/mol. The topological polar surface area (TPSA) is 80.4 Å². The third-order valence-corrected chi connectivity index (χ3v) is 7.04. The molecule has 4 nitrogen and oxygen atoms in total. The summed E-state index contributed by atoms with van der Waals surface area (Å²) in [5, 5.41) is -4.32. The highest BCUT2D eigenvalue weighted by Gasteiger charge is 2.50. The maximum Gasteiger partial charge on any atom is 0.356 e. The van der Waals surface area contributed by atoms with Crippen molar-refractivity contribution in [3.05, 3.63) is 33.1 Å². The van der Waals surface area contributed by atoms with Gasteiger partial charge in [-0.3, -0.25) is 9.36 Å². The highest BCUT2D eigenvalue weighted by Crippen LogP contribution is 2.69. The first-order chi connectivity index (χ1) is 9.04. The number of rotatable bonds is 3. The molecule has 2 aromatic rings. The Bertz CT molecular complexity index is 760. The lowest BCUT2D eigenvalue weighted by Crippen LogP contribution is -2.11. The van der Waals surface area contributed by atoms with E-state index < -0.39 is 22.1 Å². The zero-order valence-electron chi connectivity index (χ0n) is 9.44. The smallest absolute Gasteiger partial charge is 0.356 e. The Morgan fingerprint density at radius 2 is 2.05 bits per heavy atom. The second kappa shape index (κ2) is 5.28. The van der Waals surface area contributed by atoms with Crippen LogP contribution in [-0.2, 0) is 10.2 Å². The van der Waals surface area contributed by atoms with E-state index in [4.69, 9.17) is 5.73 Å². The number of fused-ring (bicyclic) bond motifs is 1. The van der Waals surface area contributed by atoms with Crippen molar-refractivity contribution in [2.45, 2.75) is 5.66 Å². The first-order valence-electron chi connectivity index (χ1n) is 4.98. The third kappa shape index (κ3) is 2.78. The van der Waals surface area contributed by atoms with Gasteiger partial charge in [0.25, 0.3) is 5.91 Å².